The number of ether oxygens (including phenoxy) is 1. The summed E-state index contributed by atoms with van der Waals surface area (Å²) in [6.45, 7) is 4.69. The van der Waals surface area contributed by atoms with Crippen molar-refractivity contribution in [1.29, 1.82) is 0 Å². The van der Waals surface area contributed by atoms with E-state index in [1.807, 2.05) is 25.1 Å². The SMILES string of the molecule is C=CC(=O)Nc1cc(Nc2ncc3nccc(-c4cccc(F)c4)c3n2)ccc1OCCN(C)C. The number of aromatic nitrogens is 3. The van der Waals surface area contributed by atoms with Gasteiger partial charge in [-0.15, -0.1) is 0 Å². The van der Waals surface area contributed by atoms with E-state index in [0.717, 1.165) is 12.1 Å². The fourth-order valence-corrected chi connectivity index (χ4v) is 3.37. The van der Waals surface area contributed by atoms with Crippen LogP contribution in [0.3, 0.4) is 0 Å². The zero-order valence-electron chi connectivity index (χ0n) is 19.5. The Kier molecular flexibility index (Phi) is 7.27. The van der Waals surface area contributed by atoms with Gasteiger partial charge in [-0.05, 0) is 62.1 Å². The van der Waals surface area contributed by atoms with Gasteiger partial charge in [-0.25, -0.2) is 14.4 Å². The number of hydrogen-bond donors (Lipinski definition) is 2. The van der Waals surface area contributed by atoms with E-state index in [2.05, 4.69) is 32.2 Å². The minimum Gasteiger partial charge on any atom is -0.490 e. The molecule has 2 N–H and O–H groups in total. The normalized spacial score (nSPS) is 10.9. The molecule has 0 radical (unpaired) electrons. The molecule has 2 heterocycles. The molecule has 4 rings (SSSR count). The molecule has 4 aromatic rings. The molecule has 0 fully saturated rings. The van der Waals surface area contributed by atoms with Crippen molar-refractivity contribution < 1.29 is 13.9 Å². The lowest BCUT2D eigenvalue weighted by Crippen LogP contribution is -2.20. The lowest BCUT2D eigenvalue weighted by molar-refractivity contribution is -0.111. The van der Waals surface area contributed by atoms with Crippen LogP contribution in [-0.2, 0) is 4.79 Å². The van der Waals surface area contributed by atoms with Crippen molar-refractivity contribution in [2.45, 2.75) is 0 Å². The average Bonchev–Trinajstić information content (AvgIpc) is 2.84. The fourth-order valence-electron chi connectivity index (χ4n) is 3.37. The third-order valence-electron chi connectivity index (χ3n) is 5.09. The van der Waals surface area contributed by atoms with Crippen LogP contribution in [0.4, 0.5) is 21.7 Å². The summed E-state index contributed by atoms with van der Waals surface area (Å²) in [6.07, 6.45) is 4.44. The number of hydrogen-bond acceptors (Lipinski definition) is 7. The first-order valence-electron chi connectivity index (χ1n) is 10.9. The average molecular weight is 473 g/mol. The van der Waals surface area contributed by atoms with Crippen LogP contribution in [0.15, 0.2) is 73.6 Å². The first kappa shape index (κ1) is 23.8. The summed E-state index contributed by atoms with van der Waals surface area (Å²) in [5, 5.41) is 5.92. The van der Waals surface area contributed by atoms with E-state index in [0.29, 0.717) is 46.3 Å². The molecular weight excluding hydrogens is 447 g/mol. The predicted molar refractivity (Wildman–Crippen MR) is 135 cm³/mol. The Morgan fingerprint density at radius 3 is 2.80 bits per heavy atom. The number of anilines is 3. The van der Waals surface area contributed by atoms with E-state index in [1.165, 1.54) is 18.2 Å². The number of carbonyl (C=O) groups is 1. The molecule has 0 aliphatic carbocycles. The van der Waals surface area contributed by atoms with E-state index >= 15 is 0 Å². The highest BCUT2D eigenvalue weighted by atomic mass is 19.1. The van der Waals surface area contributed by atoms with Crippen LogP contribution in [0.25, 0.3) is 22.2 Å². The van der Waals surface area contributed by atoms with Gasteiger partial charge in [0, 0.05) is 24.0 Å². The lowest BCUT2D eigenvalue weighted by Gasteiger charge is -2.16. The molecule has 0 spiro atoms. The van der Waals surface area contributed by atoms with Crippen molar-refractivity contribution in [3.8, 4) is 16.9 Å². The van der Waals surface area contributed by atoms with Crippen molar-refractivity contribution in [2.75, 3.05) is 37.9 Å². The maximum atomic E-state index is 13.8. The minimum absolute atomic E-state index is 0.324. The summed E-state index contributed by atoms with van der Waals surface area (Å²) in [4.78, 5) is 27.3. The van der Waals surface area contributed by atoms with Crippen LogP contribution in [0, 0.1) is 5.82 Å². The van der Waals surface area contributed by atoms with Gasteiger partial charge >= 0.3 is 0 Å². The van der Waals surface area contributed by atoms with Gasteiger partial charge in [0.15, 0.2) is 0 Å². The van der Waals surface area contributed by atoms with Crippen LogP contribution in [0.1, 0.15) is 0 Å². The van der Waals surface area contributed by atoms with Gasteiger partial charge in [-0.3, -0.25) is 9.78 Å². The van der Waals surface area contributed by atoms with E-state index in [1.54, 1.807) is 42.7 Å². The Labute approximate surface area is 202 Å². The predicted octanol–water partition coefficient (Wildman–Crippen LogP) is 4.64. The Bertz CT molecular complexity index is 1380. The molecule has 178 valence electrons. The summed E-state index contributed by atoms with van der Waals surface area (Å²) >= 11 is 0. The number of nitrogens with zero attached hydrogens (tertiary/aromatic N) is 4. The molecule has 0 saturated heterocycles. The van der Waals surface area contributed by atoms with Gasteiger partial charge in [0.1, 0.15) is 29.2 Å². The molecule has 1 amide bonds. The molecule has 0 atom stereocenters. The second kappa shape index (κ2) is 10.7. The van der Waals surface area contributed by atoms with Crippen LogP contribution < -0.4 is 15.4 Å². The van der Waals surface area contributed by atoms with Crippen LogP contribution in [-0.4, -0.2) is 53.0 Å². The number of nitrogens with one attached hydrogen (secondary N) is 2. The zero-order valence-corrected chi connectivity index (χ0v) is 19.5. The van der Waals surface area contributed by atoms with E-state index < -0.39 is 0 Å². The Morgan fingerprint density at radius 1 is 1.17 bits per heavy atom. The second-order valence-electron chi connectivity index (χ2n) is 7.98. The molecule has 2 aromatic carbocycles. The second-order valence-corrected chi connectivity index (χ2v) is 7.98. The van der Waals surface area contributed by atoms with Crippen molar-refractivity contribution in [3.05, 3.63) is 79.4 Å². The molecule has 0 aliphatic heterocycles. The number of likely N-dealkylation sites (N-methyl/N-ethyl adjacent to an activating group) is 1. The van der Waals surface area contributed by atoms with Crippen LogP contribution in [0.5, 0.6) is 5.75 Å². The van der Waals surface area contributed by atoms with Gasteiger partial charge in [-0.1, -0.05) is 18.7 Å². The van der Waals surface area contributed by atoms with Gasteiger partial charge in [0.25, 0.3) is 0 Å². The van der Waals surface area contributed by atoms with Crippen LogP contribution >= 0.6 is 0 Å². The van der Waals surface area contributed by atoms with Gasteiger partial charge < -0.3 is 20.3 Å². The molecule has 0 saturated carbocycles. The maximum Gasteiger partial charge on any atom is 0.247 e. The smallest absolute Gasteiger partial charge is 0.247 e. The Balaban J connectivity index is 1.64. The molecule has 8 nitrogen and oxygen atoms in total. The lowest BCUT2D eigenvalue weighted by atomic mass is 10.1. The van der Waals surface area contributed by atoms with Gasteiger partial charge in [-0.2, -0.15) is 0 Å². The van der Waals surface area contributed by atoms with E-state index in [-0.39, 0.29) is 11.7 Å². The third-order valence-corrected chi connectivity index (χ3v) is 5.09. The molecule has 0 aliphatic rings. The number of amides is 1. The fraction of sp³-hybridized carbons (Fsp3) is 0.154. The molecule has 0 unspecified atom stereocenters. The summed E-state index contributed by atoms with van der Waals surface area (Å²) in [7, 11) is 3.91. The third kappa shape index (κ3) is 5.96. The number of rotatable bonds is 9. The van der Waals surface area contributed by atoms with Gasteiger partial charge in [0.2, 0.25) is 11.9 Å². The summed E-state index contributed by atoms with van der Waals surface area (Å²) in [6, 6.07) is 13.4. The first-order chi connectivity index (χ1) is 16.9. The zero-order chi connectivity index (χ0) is 24.8. The highest BCUT2D eigenvalue weighted by Crippen LogP contribution is 2.31. The van der Waals surface area contributed by atoms with Crippen molar-refractivity contribution in [2.24, 2.45) is 0 Å². The number of carbonyl (C=O) groups excluding carboxylic acids is 1. The number of halogens is 1. The minimum atomic E-state index is -0.354. The molecule has 9 heteroatoms. The van der Waals surface area contributed by atoms with E-state index in [9.17, 15) is 9.18 Å². The monoisotopic (exact) mass is 472 g/mol. The van der Waals surface area contributed by atoms with Crippen molar-refractivity contribution in [1.82, 2.24) is 19.9 Å². The summed E-state index contributed by atoms with van der Waals surface area (Å²) < 4.78 is 19.7. The van der Waals surface area contributed by atoms with Crippen molar-refractivity contribution >= 4 is 34.3 Å². The van der Waals surface area contributed by atoms with Crippen molar-refractivity contribution in [3.63, 3.8) is 0 Å². The number of pyridine rings is 1. The highest BCUT2D eigenvalue weighted by molar-refractivity contribution is 6.00. The largest absolute Gasteiger partial charge is 0.490 e. The van der Waals surface area contributed by atoms with E-state index in [4.69, 9.17) is 4.74 Å². The number of benzene rings is 2. The topological polar surface area (TPSA) is 92.3 Å². The Hall–Kier alpha value is -4.37. The summed E-state index contributed by atoms with van der Waals surface area (Å²) in [5.74, 6) is 0.171. The molecule has 35 heavy (non-hydrogen) atoms. The quantitative estimate of drug-likeness (QED) is 0.343. The standard InChI is InChI=1S/C26H25FN6O2/c1-4-24(34)31-21-15-19(8-9-23(21)35-13-12-33(2)3)30-26-29-16-22-25(32-26)20(10-11-28-22)17-6-5-7-18(27)14-17/h4-11,14-16H,1,12-13H2,2-3H3,(H,31,34)(H,29,30,32). The highest BCUT2D eigenvalue weighted by Gasteiger charge is 2.12. The summed E-state index contributed by atoms with van der Waals surface area (Å²) in [5.41, 5.74) is 3.72. The molecular formula is C26H25FN6O2. The van der Waals surface area contributed by atoms with Crippen LogP contribution in [0.2, 0.25) is 0 Å². The number of fused-ring (bicyclic) bond motifs is 1. The first-order valence-corrected chi connectivity index (χ1v) is 10.9. The molecule has 0 bridgehead atoms. The maximum absolute atomic E-state index is 13.8. The molecule has 2 aromatic heterocycles. The Morgan fingerprint density at radius 2 is 2.03 bits per heavy atom. The van der Waals surface area contributed by atoms with Gasteiger partial charge in [0.05, 0.1) is 11.9 Å².